The van der Waals surface area contributed by atoms with Gasteiger partial charge in [0.05, 0.1) is 0 Å². The zero-order valence-electron chi connectivity index (χ0n) is 13.3. The first-order chi connectivity index (χ1) is 10.3. The average Bonchev–Trinajstić information content (AvgIpc) is 2.56. The lowest BCUT2D eigenvalue weighted by Gasteiger charge is -2.42. The first kappa shape index (κ1) is 15.0. The van der Waals surface area contributed by atoms with Gasteiger partial charge in [0.15, 0.2) is 0 Å². The Labute approximate surface area is 129 Å². The van der Waals surface area contributed by atoms with Crippen molar-refractivity contribution in [3.63, 3.8) is 0 Å². The van der Waals surface area contributed by atoms with Crippen LogP contribution in [0.3, 0.4) is 0 Å². The molecule has 1 aliphatic carbocycles. The molecule has 0 bridgehead atoms. The molecule has 2 atom stereocenters. The van der Waals surface area contributed by atoms with Gasteiger partial charge < -0.3 is 5.32 Å². The lowest BCUT2D eigenvalue weighted by atomic mass is 9.89. The summed E-state index contributed by atoms with van der Waals surface area (Å²) >= 11 is 0. The summed E-state index contributed by atoms with van der Waals surface area (Å²) in [5.74, 6) is 0. The molecule has 0 amide bonds. The van der Waals surface area contributed by atoms with Gasteiger partial charge >= 0.3 is 0 Å². The highest BCUT2D eigenvalue weighted by Crippen LogP contribution is 2.24. The van der Waals surface area contributed by atoms with Crippen molar-refractivity contribution in [2.75, 3.05) is 33.2 Å². The van der Waals surface area contributed by atoms with Gasteiger partial charge in [-0.3, -0.25) is 9.80 Å². The van der Waals surface area contributed by atoms with E-state index in [9.17, 15) is 0 Å². The Morgan fingerprint density at radius 3 is 2.52 bits per heavy atom. The van der Waals surface area contributed by atoms with Crippen LogP contribution in [0, 0.1) is 0 Å². The van der Waals surface area contributed by atoms with Gasteiger partial charge in [0.1, 0.15) is 0 Å². The molecule has 1 saturated carbocycles. The normalized spacial score (nSPS) is 28.6. The molecule has 3 heteroatoms. The molecule has 21 heavy (non-hydrogen) atoms. The van der Waals surface area contributed by atoms with Crippen molar-refractivity contribution in [2.24, 2.45) is 0 Å². The van der Waals surface area contributed by atoms with Gasteiger partial charge in [0.25, 0.3) is 0 Å². The predicted molar refractivity (Wildman–Crippen MR) is 88.4 cm³/mol. The van der Waals surface area contributed by atoms with Crippen LogP contribution in [0.5, 0.6) is 0 Å². The summed E-state index contributed by atoms with van der Waals surface area (Å²) in [6.07, 6.45) is 5.49. The Morgan fingerprint density at radius 2 is 1.81 bits per heavy atom. The second kappa shape index (κ2) is 7.39. The first-order valence-corrected chi connectivity index (χ1v) is 8.53. The minimum Gasteiger partial charge on any atom is -0.317 e. The number of rotatable bonds is 4. The Hall–Kier alpha value is -0.900. The minimum absolute atomic E-state index is 0.742. The maximum Gasteiger partial charge on any atom is 0.0234 e. The summed E-state index contributed by atoms with van der Waals surface area (Å²) in [6, 6.07) is 12.4. The van der Waals surface area contributed by atoms with E-state index in [2.05, 4.69) is 52.5 Å². The molecule has 0 radical (unpaired) electrons. The predicted octanol–water partition coefficient (Wildman–Crippen LogP) is 2.33. The van der Waals surface area contributed by atoms with Crippen LogP contribution < -0.4 is 5.32 Å². The quantitative estimate of drug-likeness (QED) is 0.917. The van der Waals surface area contributed by atoms with Gasteiger partial charge in [0.2, 0.25) is 0 Å². The standard InChI is InChI=1S/C18H29N3/c1-19-17-8-5-9-18(14-17)21-12-10-20(11-13-21)15-16-6-3-2-4-7-16/h2-4,6-7,17-19H,5,8-15H2,1H3/t17-,18+/m0/s1. The van der Waals surface area contributed by atoms with Gasteiger partial charge in [-0.1, -0.05) is 36.8 Å². The number of piperazine rings is 1. The summed E-state index contributed by atoms with van der Waals surface area (Å²) in [7, 11) is 2.12. The van der Waals surface area contributed by atoms with Crippen molar-refractivity contribution in [1.29, 1.82) is 0 Å². The maximum atomic E-state index is 3.48. The van der Waals surface area contributed by atoms with E-state index in [4.69, 9.17) is 0 Å². The molecule has 1 saturated heterocycles. The topological polar surface area (TPSA) is 18.5 Å². The Balaban J connectivity index is 1.46. The van der Waals surface area contributed by atoms with E-state index in [-0.39, 0.29) is 0 Å². The summed E-state index contributed by atoms with van der Waals surface area (Å²) in [5.41, 5.74) is 1.44. The highest BCUT2D eigenvalue weighted by Gasteiger charge is 2.28. The fourth-order valence-electron chi connectivity index (χ4n) is 3.89. The Kier molecular flexibility index (Phi) is 5.28. The second-order valence-electron chi connectivity index (χ2n) is 6.60. The van der Waals surface area contributed by atoms with Crippen LogP contribution in [0.2, 0.25) is 0 Å². The Morgan fingerprint density at radius 1 is 1.05 bits per heavy atom. The summed E-state index contributed by atoms with van der Waals surface area (Å²) in [5, 5.41) is 3.48. The third kappa shape index (κ3) is 4.06. The number of hydrogen-bond acceptors (Lipinski definition) is 3. The van der Waals surface area contributed by atoms with Gasteiger partial charge in [-0.05, 0) is 31.9 Å². The van der Waals surface area contributed by atoms with E-state index in [1.807, 2.05) is 0 Å². The third-order valence-corrected chi connectivity index (χ3v) is 5.23. The molecule has 0 aromatic heterocycles. The zero-order chi connectivity index (χ0) is 14.5. The van der Waals surface area contributed by atoms with Crippen LogP contribution >= 0.6 is 0 Å². The highest BCUT2D eigenvalue weighted by molar-refractivity contribution is 5.14. The SMILES string of the molecule is CN[C@H]1CCC[C@@H](N2CCN(Cc3ccccc3)CC2)C1. The molecule has 0 spiro atoms. The maximum absolute atomic E-state index is 3.48. The summed E-state index contributed by atoms with van der Waals surface area (Å²) < 4.78 is 0. The number of nitrogens with zero attached hydrogens (tertiary/aromatic N) is 2. The molecule has 1 aromatic carbocycles. The van der Waals surface area contributed by atoms with Crippen LogP contribution in [0.4, 0.5) is 0 Å². The summed E-state index contributed by atoms with van der Waals surface area (Å²) in [6.45, 7) is 6.03. The molecule has 1 aliphatic heterocycles. The van der Waals surface area contributed by atoms with Gasteiger partial charge in [-0.2, -0.15) is 0 Å². The molecule has 3 rings (SSSR count). The third-order valence-electron chi connectivity index (χ3n) is 5.23. The lowest BCUT2D eigenvalue weighted by Crippen LogP contribution is -2.52. The number of nitrogens with one attached hydrogen (secondary N) is 1. The molecule has 1 heterocycles. The van der Waals surface area contributed by atoms with E-state index in [0.29, 0.717) is 0 Å². The van der Waals surface area contributed by atoms with E-state index in [1.165, 1.54) is 57.4 Å². The molecule has 2 aliphatic rings. The fraction of sp³-hybridized carbons (Fsp3) is 0.667. The largest absolute Gasteiger partial charge is 0.317 e. The van der Waals surface area contributed by atoms with Crippen LogP contribution in [-0.4, -0.2) is 55.1 Å². The van der Waals surface area contributed by atoms with Crippen molar-refractivity contribution in [3.05, 3.63) is 35.9 Å². The van der Waals surface area contributed by atoms with Crippen LogP contribution in [0.15, 0.2) is 30.3 Å². The van der Waals surface area contributed by atoms with Crippen molar-refractivity contribution in [3.8, 4) is 0 Å². The highest BCUT2D eigenvalue weighted by atomic mass is 15.3. The average molecular weight is 287 g/mol. The van der Waals surface area contributed by atoms with Crippen LogP contribution in [0.25, 0.3) is 0 Å². The van der Waals surface area contributed by atoms with Crippen molar-refractivity contribution in [2.45, 2.75) is 44.3 Å². The zero-order valence-corrected chi connectivity index (χ0v) is 13.3. The molecule has 1 N–H and O–H groups in total. The second-order valence-corrected chi connectivity index (χ2v) is 6.60. The van der Waals surface area contributed by atoms with E-state index >= 15 is 0 Å². The minimum atomic E-state index is 0.742. The summed E-state index contributed by atoms with van der Waals surface area (Å²) in [4.78, 5) is 5.34. The van der Waals surface area contributed by atoms with Crippen molar-refractivity contribution >= 4 is 0 Å². The Bertz CT molecular complexity index is 412. The van der Waals surface area contributed by atoms with Crippen molar-refractivity contribution in [1.82, 2.24) is 15.1 Å². The van der Waals surface area contributed by atoms with Crippen molar-refractivity contribution < 1.29 is 0 Å². The molecule has 116 valence electrons. The molecule has 2 fully saturated rings. The van der Waals surface area contributed by atoms with Crippen LogP contribution in [-0.2, 0) is 6.54 Å². The van der Waals surface area contributed by atoms with E-state index < -0.39 is 0 Å². The molecule has 3 nitrogen and oxygen atoms in total. The monoisotopic (exact) mass is 287 g/mol. The van der Waals surface area contributed by atoms with E-state index in [0.717, 1.165) is 18.6 Å². The number of hydrogen-bond donors (Lipinski definition) is 1. The lowest BCUT2D eigenvalue weighted by molar-refractivity contribution is 0.0693. The molecule has 1 aromatic rings. The molecular formula is C18H29N3. The first-order valence-electron chi connectivity index (χ1n) is 8.53. The van der Waals surface area contributed by atoms with E-state index in [1.54, 1.807) is 0 Å². The van der Waals surface area contributed by atoms with Gasteiger partial charge in [0, 0.05) is 44.8 Å². The van der Waals surface area contributed by atoms with Gasteiger partial charge in [-0.15, -0.1) is 0 Å². The number of benzene rings is 1. The molecular weight excluding hydrogens is 258 g/mol. The molecule has 0 unspecified atom stereocenters. The fourth-order valence-corrected chi connectivity index (χ4v) is 3.89. The van der Waals surface area contributed by atoms with Gasteiger partial charge in [-0.25, -0.2) is 0 Å². The smallest absolute Gasteiger partial charge is 0.0234 e. The van der Waals surface area contributed by atoms with Crippen LogP contribution in [0.1, 0.15) is 31.2 Å².